The number of amides is 1. The summed E-state index contributed by atoms with van der Waals surface area (Å²) in [4.78, 5) is 35.8. The predicted molar refractivity (Wildman–Crippen MR) is 99.4 cm³/mol. The maximum absolute atomic E-state index is 13.3. The highest BCUT2D eigenvalue weighted by Gasteiger charge is 2.10. The van der Waals surface area contributed by atoms with Crippen molar-refractivity contribution in [3.05, 3.63) is 92.5 Å². The van der Waals surface area contributed by atoms with Crippen LogP contribution in [0.3, 0.4) is 0 Å². The zero-order valence-electron chi connectivity index (χ0n) is 14.9. The van der Waals surface area contributed by atoms with Crippen molar-refractivity contribution in [1.82, 2.24) is 24.9 Å². The molecule has 2 aromatic heterocycles. The highest BCUT2D eigenvalue weighted by molar-refractivity contribution is 5.91. The monoisotopic (exact) mass is 383 g/mol. The molecule has 9 heteroatoms. The topological polar surface area (TPSA) is 98.9 Å². The Kier molecular flexibility index (Phi) is 6.05. The van der Waals surface area contributed by atoms with Gasteiger partial charge in [0.15, 0.2) is 0 Å². The van der Waals surface area contributed by atoms with Gasteiger partial charge in [-0.2, -0.15) is 10.2 Å². The molecule has 1 N–H and O–H groups in total. The molecule has 0 radical (unpaired) electrons. The third-order valence-electron chi connectivity index (χ3n) is 3.94. The molecule has 1 aromatic carbocycles. The van der Waals surface area contributed by atoms with E-state index in [0.717, 1.165) is 4.68 Å². The third kappa shape index (κ3) is 4.97. The number of nitrogens with zero attached hydrogens (tertiary/aromatic N) is 4. The molecule has 0 saturated carbocycles. The number of aromatic nitrogens is 4. The molecule has 0 aliphatic carbocycles. The lowest BCUT2D eigenvalue weighted by molar-refractivity contribution is 0.0945. The van der Waals surface area contributed by atoms with Gasteiger partial charge in [-0.3, -0.25) is 14.4 Å². The van der Waals surface area contributed by atoms with E-state index in [4.69, 9.17) is 0 Å². The van der Waals surface area contributed by atoms with Gasteiger partial charge in [0.05, 0.1) is 6.54 Å². The van der Waals surface area contributed by atoms with E-state index in [0.29, 0.717) is 25.1 Å². The summed E-state index contributed by atoms with van der Waals surface area (Å²) in [6, 6.07) is 11.4. The summed E-state index contributed by atoms with van der Waals surface area (Å²) < 4.78 is 15.7. The number of halogens is 1. The Labute approximate surface area is 159 Å². The average Bonchev–Trinajstić information content (AvgIpc) is 2.68. The summed E-state index contributed by atoms with van der Waals surface area (Å²) in [5, 5.41) is 10.7. The Morgan fingerprint density at radius 1 is 1.04 bits per heavy atom. The Hall–Kier alpha value is -3.62. The Bertz CT molecular complexity index is 1090. The molecule has 28 heavy (non-hydrogen) atoms. The molecule has 3 rings (SSSR count). The molecule has 2 heterocycles. The molecule has 144 valence electrons. The zero-order chi connectivity index (χ0) is 19.9. The van der Waals surface area contributed by atoms with Crippen LogP contribution in [0.5, 0.6) is 0 Å². The number of aryl methyl sites for hydroxylation is 1. The van der Waals surface area contributed by atoms with E-state index in [2.05, 4.69) is 15.5 Å². The van der Waals surface area contributed by atoms with Crippen LogP contribution in [-0.2, 0) is 13.1 Å². The van der Waals surface area contributed by atoms with E-state index in [1.165, 1.54) is 41.2 Å². The lowest BCUT2D eigenvalue weighted by Gasteiger charge is -2.08. The summed E-state index contributed by atoms with van der Waals surface area (Å²) >= 11 is 0. The first-order valence-electron chi connectivity index (χ1n) is 8.66. The number of carbonyl (C=O) groups excluding carboxylic acids is 1. The van der Waals surface area contributed by atoms with E-state index < -0.39 is 17.3 Å². The van der Waals surface area contributed by atoms with Crippen LogP contribution in [-0.4, -0.2) is 32.0 Å². The van der Waals surface area contributed by atoms with Gasteiger partial charge in [0.2, 0.25) is 0 Å². The van der Waals surface area contributed by atoms with Gasteiger partial charge >= 0.3 is 0 Å². The molecular weight excluding hydrogens is 365 g/mol. The first-order chi connectivity index (χ1) is 13.5. The summed E-state index contributed by atoms with van der Waals surface area (Å²) in [7, 11) is 0. The Morgan fingerprint density at radius 3 is 2.64 bits per heavy atom. The fourth-order valence-corrected chi connectivity index (χ4v) is 2.57. The fourth-order valence-electron chi connectivity index (χ4n) is 2.57. The van der Waals surface area contributed by atoms with Crippen molar-refractivity contribution < 1.29 is 9.18 Å². The number of hydrogen-bond acceptors (Lipinski definition) is 5. The van der Waals surface area contributed by atoms with Gasteiger partial charge in [0.25, 0.3) is 17.0 Å². The molecule has 0 bridgehead atoms. The van der Waals surface area contributed by atoms with E-state index in [1.54, 1.807) is 18.2 Å². The molecule has 0 saturated heterocycles. The summed E-state index contributed by atoms with van der Waals surface area (Å²) in [6.07, 6.45) is 2.03. The molecule has 0 aliphatic rings. The van der Waals surface area contributed by atoms with E-state index >= 15 is 0 Å². The molecule has 3 aromatic rings. The van der Waals surface area contributed by atoms with Crippen LogP contribution in [0.1, 0.15) is 22.5 Å². The highest BCUT2D eigenvalue weighted by atomic mass is 19.1. The zero-order valence-corrected chi connectivity index (χ0v) is 14.9. The summed E-state index contributed by atoms with van der Waals surface area (Å²) in [5.41, 5.74) is 0.0363. The smallest absolute Gasteiger partial charge is 0.271 e. The minimum absolute atomic E-state index is 0.0559. The second-order valence-electron chi connectivity index (χ2n) is 6.04. The Balaban J connectivity index is 1.60. The van der Waals surface area contributed by atoms with Crippen molar-refractivity contribution in [3.8, 4) is 0 Å². The van der Waals surface area contributed by atoms with Gasteiger partial charge in [0, 0.05) is 31.4 Å². The number of carbonyl (C=O) groups is 1. The van der Waals surface area contributed by atoms with Gasteiger partial charge in [0.1, 0.15) is 11.5 Å². The highest BCUT2D eigenvalue weighted by Crippen LogP contribution is 2.04. The van der Waals surface area contributed by atoms with Gasteiger partial charge < -0.3 is 5.32 Å². The minimum atomic E-state index is -0.443. The molecule has 0 atom stereocenters. The van der Waals surface area contributed by atoms with Crippen molar-refractivity contribution in [1.29, 1.82) is 0 Å². The maximum atomic E-state index is 13.3. The van der Waals surface area contributed by atoms with Crippen molar-refractivity contribution >= 4 is 5.91 Å². The van der Waals surface area contributed by atoms with E-state index in [1.807, 2.05) is 0 Å². The van der Waals surface area contributed by atoms with E-state index in [9.17, 15) is 18.8 Å². The predicted octanol–water partition coefficient (Wildman–Crippen LogP) is 0.807. The van der Waals surface area contributed by atoms with Crippen LogP contribution in [0, 0.1) is 5.82 Å². The van der Waals surface area contributed by atoms with Gasteiger partial charge in [-0.25, -0.2) is 13.8 Å². The molecule has 0 unspecified atom stereocenters. The standard InChI is InChI=1S/C19H18FN5O3/c20-15-5-1-4-14(12-15)13-25-18(27)8-7-16(23-25)19(28)21-9-3-11-24-17(26)6-2-10-22-24/h1-2,4-8,10,12H,3,9,11,13H2,(H,21,28). The SMILES string of the molecule is O=C(NCCCn1ncccc1=O)c1ccc(=O)n(Cc2cccc(F)c2)n1. The van der Waals surface area contributed by atoms with Gasteiger partial charge in [-0.1, -0.05) is 12.1 Å². The number of rotatable bonds is 7. The van der Waals surface area contributed by atoms with Crippen molar-refractivity contribution in [3.63, 3.8) is 0 Å². The van der Waals surface area contributed by atoms with Gasteiger partial charge in [-0.15, -0.1) is 0 Å². The van der Waals surface area contributed by atoms with Crippen LogP contribution in [0.25, 0.3) is 0 Å². The molecular formula is C19H18FN5O3. The fraction of sp³-hybridized carbons (Fsp3) is 0.211. The second kappa shape index (κ2) is 8.85. The maximum Gasteiger partial charge on any atom is 0.271 e. The number of benzene rings is 1. The third-order valence-corrected chi connectivity index (χ3v) is 3.94. The molecule has 8 nitrogen and oxygen atoms in total. The number of hydrogen-bond donors (Lipinski definition) is 1. The van der Waals surface area contributed by atoms with Crippen molar-refractivity contribution in [2.45, 2.75) is 19.5 Å². The van der Waals surface area contributed by atoms with Crippen LogP contribution < -0.4 is 16.4 Å². The van der Waals surface area contributed by atoms with Crippen molar-refractivity contribution in [2.24, 2.45) is 0 Å². The normalized spacial score (nSPS) is 10.6. The van der Waals surface area contributed by atoms with Gasteiger partial charge in [-0.05, 0) is 36.2 Å². The van der Waals surface area contributed by atoms with E-state index in [-0.39, 0.29) is 17.8 Å². The van der Waals surface area contributed by atoms with Crippen LogP contribution >= 0.6 is 0 Å². The first kappa shape index (κ1) is 19.2. The van der Waals surface area contributed by atoms with Crippen molar-refractivity contribution in [2.75, 3.05) is 6.54 Å². The summed E-state index contributed by atoms with van der Waals surface area (Å²) in [5.74, 6) is -0.854. The molecule has 0 aliphatic heterocycles. The second-order valence-corrected chi connectivity index (χ2v) is 6.04. The Morgan fingerprint density at radius 2 is 1.86 bits per heavy atom. The minimum Gasteiger partial charge on any atom is -0.351 e. The number of nitrogens with one attached hydrogen (secondary N) is 1. The largest absolute Gasteiger partial charge is 0.351 e. The van der Waals surface area contributed by atoms with Crippen LogP contribution in [0.4, 0.5) is 4.39 Å². The summed E-state index contributed by atoms with van der Waals surface area (Å²) in [6.45, 7) is 0.735. The molecule has 0 fully saturated rings. The average molecular weight is 383 g/mol. The quantitative estimate of drug-likeness (QED) is 0.609. The lowest BCUT2D eigenvalue weighted by atomic mass is 10.2. The lowest BCUT2D eigenvalue weighted by Crippen LogP contribution is -2.31. The van der Waals surface area contributed by atoms with Crippen LogP contribution in [0.15, 0.2) is 64.3 Å². The first-order valence-corrected chi connectivity index (χ1v) is 8.66. The van der Waals surface area contributed by atoms with Crippen LogP contribution in [0.2, 0.25) is 0 Å². The molecule has 1 amide bonds. The molecule has 0 spiro atoms.